The van der Waals surface area contributed by atoms with E-state index >= 15 is 0 Å². The molecule has 0 unspecified atom stereocenters. The summed E-state index contributed by atoms with van der Waals surface area (Å²) in [6.45, 7) is 2.13. The third-order valence-corrected chi connectivity index (χ3v) is 3.61. The van der Waals surface area contributed by atoms with E-state index in [0.29, 0.717) is 18.6 Å². The van der Waals surface area contributed by atoms with Gasteiger partial charge < -0.3 is 15.2 Å². The minimum Gasteiger partial charge on any atom is -0.484 e. The lowest BCUT2D eigenvalue weighted by molar-refractivity contribution is -0.143. The normalized spacial score (nSPS) is 15.4. The minimum absolute atomic E-state index is 0.0944. The quantitative estimate of drug-likeness (QED) is 0.794. The molecular formula is C15H19NO4. The van der Waals surface area contributed by atoms with Gasteiger partial charge in [0.15, 0.2) is 6.61 Å². The van der Waals surface area contributed by atoms with Gasteiger partial charge in [-0.05, 0) is 37.0 Å². The first kappa shape index (κ1) is 14.4. The second kappa shape index (κ2) is 5.94. The van der Waals surface area contributed by atoms with E-state index in [0.717, 1.165) is 12.0 Å². The molecule has 1 aromatic rings. The number of rotatable bonds is 7. The van der Waals surface area contributed by atoms with Crippen LogP contribution in [-0.4, -0.2) is 30.1 Å². The molecule has 5 heteroatoms. The third-order valence-electron chi connectivity index (χ3n) is 3.61. The fraction of sp³-hybridized carbons (Fsp3) is 0.467. The van der Waals surface area contributed by atoms with Gasteiger partial charge in [0, 0.05) is 6.54 Å². The summed E-state index contributed by atoms with van der Waals surface area (Å²) >= 11 is 0. The summed E-state index contributed by atoms with van der Waals surface area (Å²) in [7, 11) is 0. The van der Waals surface area contributed by atoms with Crippen LogP contribution in [0.2, 0.25) is 0 Å². The standard InChI is InChI=1S/C15H19NO4/c1-2-11-4-3-5-12(8-11)20-9-13(17)16-10-15(6-7-15)14(18)19/h3-5,8H,2,6-7,9-10H2,1H3,(H,16,17)(H,18,19). The highest BCUT2D eigenvalue weighted by Gasteiger charge is 2.50. The Morgan fingerprint density at radius 1 is 1.40 bits per heavy atom. The van der Waals surface area contributed by atoms with Crippen molar-refractivity contribution in [2.24, 2.45) is 5.41 Å². The third kappa shape index (κ3) is 3.50. The lowest BCUT2D eigenvalue weighted by atomic mass is 10.1. The largest absolute Gasteiger partial charge is 0.484 e. The molecular weight excluding hydrogens is 258 g/mol. The number of nitrogens with one attached hydrogen (secondary N) is 1. The minimum atomic E-state index is -0.839. The van der Waals surface area contributed by atoms with E-state index in [2.05, 4.69) is 5.32 Å². The molecule has 0 heterocycles. The fourth-order valence-electron chi connectivity index (χ4n) is 1.94. The molecule has 1 amide bonds. The highest BCUT2D eigenvalue weighted by atomic mass is 16.5. The molecule has 5 nitrogen and oxygen atoms in total. The summed E-state index contributed by atoms with van der Waals surface area (Å²) in [6, 6.07) is 7.57. The number of aliphatic carboxylic acids is 1. The summed E-state index contributed by atoms with van der Waals surface area (Å²) in [5, 5.41) is 11.6. The van der Waals surface area contributed by atoms with Crippen molar-refractivity contribution in [3.05, 3.63) is 29.8 Å². The number of carboxylic acids is 1. The molecule has 108 valence electrons. The second-order valence-electron chi connectivity index (χ2n) is 5.15. The molecule has 1 aliphatic carbocycles. The van der Waals surface area contributed by atoms with Crippen molar-refractivity contribution < 1.29 is 19.4 Å². The van der Waals surface area contributed by atoms with E-state index in [1.54, 1.807) is 6.07 Å². The maximum Gasteiger partial charge on any atom is 0.311 e. The second-order valence-corrected chi connectivity index (χ2v) is 5.15. The summed E-state index contributed by atoms with van der Waals surface area (Å²) in [4.78, 5) is 22.6. The average molecular weight is 277 g/mol. The molecule has 1 saturated carbocycles. The predicted molar refractivity (Wildman–Crippen MR) is 73.6 cm³/mol. The first-order valence-electron chi connectivity index (χ1n) is 6.77. The van der Waals surface area contributed by atoms with Gasteiger partial charge in [0.2, 0.25) is 0 Å². The first-order chi connectivity index (χ1) is 9.55. The zero-order valence-electron chi connectivity index (χ0n) is 11.5. The van der Waals surface area contributed by atoms with Crippen LogP contribution in [0.1, 0.15) is 25.3 Å². The van der Waals surface area contributed by atoms with Crippen LogP contribution >= 0.6 is 0 Å². The molecule has 2 rings (SSSR count). The highest BCUT2D eigenvalue weighted by molar-refractivity contribution is 5.81. The Hall–Kier alpha value is -2.04. The Kier molecular flexibility index (Phi) is 4.27. The molecule has 0 spiro atoms. The maximum atomic E-state index is 11.6. The molecule has 0 saturated heterocycles. The Balaban J connectivity index is 1.76. The zero-order chi connectivity index (χ0) is 14.6. The van der Waals surface area contributed by atoms with Crippen molar-refractivity contribution >= 4 is 11.9 Å². The van der Waals surface area contributed by atoms with Crippen molar-refractivity contribution in [3.8, 4) is 5.75 Å². The lowest BCUT2D eigenvalue weighted by Crippen LogP contribution is -2.36. The van der Waals surface area contributed by atoms with Crippen molar-refractivity contribution in [2.75, 3.05) is 13.2 Å². The van der Waals surface area contributed by atoms with E-state index in [1.165, 1.54) is 0 Å². The van der Waals surface area contributed by atoms with Crippen LogP contribution in [0.5, 0.6) is 5.75 Å². The summed E-state index contributed by atoms with van der Waals surface area (Å²) in [5.41, 5.74) is 0.406. The van der Waals surface area contributed by atoms with E-state index in [4.69, 9.17) is 9.84 Å². The van der Waals surface area contributed by atoms with Crippen molar-refractivity contribution in [1.29, 1.82) is 0 Å². The monoisotopic (exact) mass is 277 g/mol. The molecule has 2 N–H and O–H groups in total. The van der Waals surface area contributed by atoms with Crippen LogP contribution in [0.25, 0.3) is 0 Å². The lowest BCUT2D eigenvalue weighted by Gasteiger charge is -2.12. The van der Waals surface area contributed by atoms with Gasteiger partial charge in [-0.2, -0.15) is 0 Å². The molecule has 0 bridgehead atoms. The number of carbonyl (C=O) groups excluding carboxylic acids is 1. The topological polar surface area (TPSA) is 75.6 Å². The Bertz CT molecular complexity index is 508. The van der Waals surface area contributed by atoms with Gasteiger partial charge >= 0.3 is 5.97 Å². The van der Waals surface area contributed by atoms with E-state index in [9.17, 15) is 9.59 Å². The number of hydrogen-bond donors (Lipinski definition) is 2. The number of benzene rings is 1. The molecule has 0 aromatic heterocycles. The first-order valence-corrected chi connectivity index (χ1v) is 6.77. The van der Waals surface area contributed by atoms with Gasteiger partial charge in [-0.25, -0.2) is 0 Å². The van der Waals surface area contributed by atoms with E-state index in [-0.39, 0.29) is 19.1 Å². The van der Waals surface area contributed by atoms with Crippen LogP contribution in [0, 0.1) is 5.41 Å². The summed E-state index contributed by atoms with van der Waals surface area (Å²) < 4.78 is 5.40. The molecule has 1 fully saturated rings. The van der Waals surface area contributed by atoms with Gasteiger partial charge in [0.05, 0.1) is 5.41 Å². The number of aryl methyl sites for hydroxylation is 1. The molecule has 0 atom stereocenters. The summed E-state index contributed by atoms with van der Waals surface area (Å²) in [5.74, 6) is -0.479. The van der Waals surface area contributed by atoms with Crippen molar-refractivity contribution in [2.45, 2.75) is 26.2 Å². The molecule has 0 aliphatic heterocycles. The SMILES string of the molecule is CCc1cccc(OCC(=O)NCC2(C(=O)O)CC2)c1. The number of amides is 1. The Labute approximate surface area is 117 Å². The molecule has 0 radical (unpaired) electrons. The molecule has 1 aliphatic rings. The maximum absolute atomic E-state index is 11.6. The van der Waals surface area contributed by atoms with Gasteiger partial charge in [0.25, 0.3) is 5.91 Å². The van der Waals surface area contributed by atoms with E-state index < -0.39 is 11.4 Å². The Morgan fingerprint density at radius 3 is 2.75 bits per heavy atom. The molecule has 20 heavy (non-hydrogen) atoms. The van der Waals surface area contributed by atoms with Gasteiger partial charge in [-0.15, -0.1) is 0 Å². The summed E-state index contributed by atoms with van der Waals surface area (Å²) in [6.07, 6.45) is 2.16. The van der Waals surface area contributed by atoms with Crippen LogP contribution in [0.15, 0.2) is 24.3 Å². The van der Waals surface area contributed by atoms with E-state index in [1.807, 2.05) is 25.1 Å². The molecule has 1 aromatic carbocycles. The fourth-order valence-corrected chi connectivity index (χ4v) is 1.94. The predicted octanol–water partition coefficient (Wildman–Crippen LogP) is 1.61. The van der Waals surface area contributed by atoms with Gasteiger partial charge in [-0.3, -0.25) is 9.59 Å². The van der Waals surface area contributed by atoms with Gasteiger partial charge in [0.1, 0.15) is 5.75 Å². The van der Waals surface area contributed by atoms with Crippen LogP contribution < -0.4 is 10.1 Å². The Morgan fingerprint density at radius 2 is 2.15 bits per heavy atom. The number of carboxylic acid groups (broad SMARTS) is 1. The van der Waals surface area contributed by atoms with Crippen LogP contribution in [-0.2, 0) is 16.0 Å². The number of hydrogen-bond acceptors (Lipinski definition) is 3. The van der Waals surface area contributed by atoms with Crippen LogP contribution in [0.3, 0.4) is 0 Å². The van der Waals surface area contributed by atoms with Crippen LogP contribution in [0.4, 0.5) is 0 Å². The van der Waals surface area contributed by atoms with Gasteiger partial charge in [-0.1, -0.05) is 19.1 Å². The number of carbonyl (C=O) groups is 2. The smallest absolute Gasteiger partial charge is 0.311 e. The highest BCUT2D eigenvalue weighted by Crippen LogP contribution is 2.45. The average Bonchev–Trinajstić information content (AvgIpc) is 3.24. The van der Waals surface area contributed by atoms with Crippen molar-refractivity contribution in [1.82, 2.24) is 5.32 Å². The zero-order valence-corrected chi connectivity index (χ0v) is 11.5. The number of ether oxygens (including phenoxy) is 1. The van der Waals surface area contributed by atoms with Crippen molar-refractivity contribution in [3.63, 3.8) is 0 Å².